The molecule has 0 aliphatic heterocycles. The maximum absolute atomic E-state index is 4.51. The summed E-state index contributed by atoms with van der Waals surface area (Å²) in [6.45, 7) is 10.4. The van der Waals surface area contributed by atoms with Gasteiger partial charge >= 0.3 is 0 Å². The van der Waals surface area contributed by atoms with Crippen LogP contribution in [-0.2, 0) is 19.5 Å². The maximum atomic E-state index is 4.51. The molecule has 0 fully saturated rings. The Morgan fingerprint density at radius 2 is 1.80 bits per heavy atom. The Bertz CT molecular complexity index is 538. The van der Waals surface area contributed by atoms with Crippen LogP contribution in [0.4, 0.5) is 0 Å². The second kappa shape index (κ2) is 6.71. The van der Waals surface area contributed by atoms with Crippen LogP contribution in [0.25, 0.3) is 0 Å². The van der Waals surface area contributed by atoms with E-state index in [4.69, 9.17) is 0 Å². The summed E-state index contributed by atoms with van der Waals surface area (Å²) in [5.41, 5.74) is 5.21. The number of aromatic nitrogens is 2. The first-order valence-corrected chi connectivity index (χ1v) is 7.42. The zero-order valence-electron chi connectivity index (χ0n) is 13.0. The van der Waals surface area contributed by atoms with Crippen molar-refractivity contribution in [2.24, 2.45) is 0 Å². The third kappa shape index (κ3) is 3.70. The SMILES string of the molecule is CCc1ccc(Cn2ncc(CNC(C)C)c2C)cc1. The highest BCUT2D eigenvalue weighted by molar-refractivity contribution is 5.24. The highest BCUT2D eigenvalue weighted by atomic mass is 15.3. The van der Waals surface area contributed by atoms with Gasteiger partial charge in [0.15, 0.2) is 0 Å². The Kier molecular flexibility index (Phi) is 4.96. The van der Waals surface area contributed by atoms with Gasteiger partial charge in [-0.1, -0.05) is 45.0 Å². The molecule has 0 aliphatic carbocycles. The van der Waals surface area contributed by atoms with E-state index in [0.717, 1.165) is 19.5 Å². The summed E-state index contributed by atoms with van der Waals surface area (Å²) in [6, 6.07) is 9.31. The van der Waals surface area contributed by atoms with Crippen LogP contribution in [0.3, 0.4) is 0 Å². The summed E-state index contributed by atoms with van der Waals surface area (Å²) in [4.78, 5) is 0. The van der Waals surface area contributed by atoms with E-state index in [2.05, 4.69) is 67.1 Å². The minimum absolute atomic E-state index is 0.499. The van der Waals surface area contributed by atoms with Crippen molar-refractivity contribution in [3.05, 3.63) is 52.8 Å². The molecule has 3 nitrogen and oxygen atoms in total. The molecule has 2 rings (SSSR count). The molecule has 2 aromatic rings. The number of nitrogens with one attached hydrogen (secondary N) is 1. The number of rotatable bonds is 6. The van der Waals surface area contributed by atoms with Crippen LogP contribution in [0.1, 0.15) is 43.2 Å². The maximum Gasteiger partial charge on any atom is 0.0662 e. The summed E-state index contributed by atoms with van der Waals surface area (Å²) in [5.74, 6) is 0. The summed E-state index contributed by atoms with van der Waals surface area (Å²) in [5, 5.41) is 7.95. The monoisotopic (exact) mass is 271 g/mol. The Morgan fingerprint density at radius 3 is 2.40 bits per heavy atom. The first-order valence-electron chi connectivity index (χ1n) is 7.42. The third-order valence-corrected chi connectivity index (χ3v) is 3.67. The molecule has 0 bridgehead atoms. The lowest BCUT2D eigenvalue weighted by Crippen LogP contribution is -2.22. The van der Waals surface area contributed by atoms with Gasteiger partial charge in [0, 0.05) is 23.8 Å². The molecule has 0 atom stereocenters. The van der Waals surface area contributed by atoms with Crippen molar-refractivity contribution in [2.75, 3.05) is 0 Å². The van der Waals surface area contributed by atoms with Crippen molar-refractivity contribution in [1.82, 2.24) is 15.1 Å². The molecular formula is C17H25N3. The average molecular weight is 271 g/mol. The van der Waals surface area contributed by atoms with E-state index in [1.807, 2.05) is 6.20 Å². The quantitative estimate of drug-likeness (QED) is 0.873. The normalized spacial score (nSPS) is 11.2. The van der Waals surface area contributed by atoms with Crippen molar-refractivity contribution in [1.29, 1.82) is 0 Å². The predicted octanol–water partition coefficient (Wildman–Crippen LogP) is 3.30. The Morgan fingerprint density at radius 1 is 1.15 bits per heavy atom. The summed E-state index contributed by atoms with van der Waals surface area (Å²) in [7, 11) is 0. The molecular weight excluding hydrogens is 246 g/mol. The molecule has 108 valence electrons. The first-order chi connectivity index (χ1) is 9.60. The van der Waals surface area contributed by atoms with Crippen LogP contribution in [0, 0.1) is 6.92 Å². The third-order valence-electron chi connectivity index (χ3n) is 3.67. The minimum atomic E-state index is 0.499. The van der Waals surface area contributed by atoms with Gasteiger partial charge in [-0.3, -0.25) is 4.68 Å². The topological polar surface area (TPSA) is 29.9 Å². The molecule has 1 N–H and O–H groups in total. The lowest BCUT2D eigenvalue weighted by molar-refractivity contribution is 0.585. The number of benzene rings is 1. The molecule has 0 amide bonds. The number of nitrogens with zero attached hydrogens (tertiary/aromatic N) is 2. The molecule has 0 radical (unpaired) electrons. The molecule has 1 aromatic carbocycles. The summed E-state index contributed by atoms with van der Waals surface area (Å²) < 4.78 is 2.08. The second-order valence-corrected chi connectivity index (χ2v) is 5.62. The summed E-state index contributed by atoms with van der Waals surface area (Å²) in [6.07, 6.45) is 3.07. The van der Waals surface area contributed by atoms with Crippen LogP contribution >= 0.6 is 0 Å². The fourth-order valence-corrected chi connectivity index (χ4v) is 2.19. The Hall–Kier alpha value is -1.61. The van der Waals surface area contributed by atoms with Gasteiger partial charge in [0.1, 0.15) is 0 Å². The molecule has 0 unspecified atom stereocenters. The molecule has 3 heteroatoms. The van der Waals surface area contributed by atoms with Crippen LogP contribution < -0.4 is 5.32 Å². The van der Waals surface area contributed by atoms with Crippen molar-refractivity contribution < 1.29 is 0 Å². The van der Waals surface area contributed by atoms with Gasteiger partial charge in [-0.2, -0.15) is 5.10 Å². The standard InChI is InChI=1S/C17H25N3/c1-5-15-6-8-16(9-7-15)12-20-14(4)17(11-19-20)10-18-13(2)3/h6-9,11,13,18H,5,10,12H2,1-4H3. The van der Waals surface area contributed by atoms with E-state index in [-0.39, 0.29) is 0 Å². The molecule has 0 aliphatic rings. The highest BCUT2D eigenvalue weighted by Crippen LogP contribution is 2.11. The molecule has 20 heavy (non-hydrogen) atoms. The van der Waals surface area contributed by atoms with Crippen molar-refractivity contribution in [3.8, 4) is 0 Å². The van der Waals surface area contributed by atoms with Gasteiger partial charge in [0.2, 0.25) is 0 Å². The van der Waals surface area contributed by atoms with Crippen molar-refractivity contribution >= 4 is 0 Å². The Balaban J connectivity index is 2.05. The van der Waals surface area contributed by atoms with Crippen LogP contribution in [0.15, 0.2) is 30.5 Å². The lowest BCUT2D eigenvalue weighted by atomic mass is 10.1. The van der Waals surface area contributed by atoms with Crippen molar-refractivity contribution in [3.63, 3.8) is 0 Å². The first kappa shape index (κ1) is 14.8. The van der Waals surface area contributed by atoms with Gasteiger partial charge in [0.25, 0.3) is 0 Å². The van der Waals surface area contributed by atoms with E-state index in [1.54, 1.807) is 0 Å². The van der Waals surface area contributed by atoms with Gasteiger partial charge < -0.3 is 5.32 Å². The minimum Gasteiger partial charge on any atom is -0.310 e. The molecule has 1 aromatic heterocycles. The van der Waals surface area contributed by atoms with E-state index in [0.29, 0.717) is 6.04 Å². The predicted molar refractivity (Wildman–Crippen MR) is 83.9 cm³/mol. The molecule has 0 spiro atoms. The van der Waals surface area contributed by atoms with Crippen LogP contribution in [0.5, 0.6) is 0 Å². The van der Waals surface area contributed by atoms with Crippen LogP contribution in [0.2, 0.25) is 0 Å². The van der Waals surface area contributed by atoms with Crippen molar-refractivity contribution in [2.45, 2.75) is 53.2 Å². The number of hydrogen-bond donors (Lipinski definition) is 1. The van der Waals surface area contributed by atoms with Gasteiger partial charge in [-0.05, 0) is 24.5 Å². The highest BCUT2D eigenvalue weighted by Gasteiger charge is 2.07. The summed E-state index contributed by atoms with van der Waals surface area (Å²) >= 11 is 0. The smallest absolute Gasteiger partial charge is 0.0662 e. The lowest BCUT2D eigenvalue weighted by Gasteiger charge is -2.09. The fourth-order valence-electron chi connectivity index (χ4n) is 2.19. The zero-order chi connectivity index (χ0) is 14.5. The zero-order valence-corrected chi connectivity index (χ0v) is 13.0. The van der Waals surface area contributed by atoms with Gasteiger partial charge in [-0.25, -0.2) is 0 Å². The van der Waals surface area contributed by atoms with E-state index in [9.17, 15) is 0 Å². The van der Waals surface area contributed by atoms with E-state index in [1.165, 1.54) is 22.4 Å². The molecule has 1 heterocycles. The second-order valence-electron chi connectivity index (χ2n) is 5.62. The van der Waals surface area contributed by atoms with E-state index < -0.39 is 0 Å². The number of hydrogen-bond acceptors (Lipinski definition) is 2. The largest absolute Gasteiger partial charge is 0.310 e. The van der Waals surface area contributed by atoms with Gasteiger partial charge in [-0.15, -0.1) is 0 Å². The number of aryl methyl sites for hydroxylation is 1. The fraction of sp³-hybridized carbons (Fsp3) is 0.471. The molecule has 0 saturated heterocycles. The van der Waals surface area contributed by atoms with Gasteiger partial charge in [0.05, 0.1) is 12.7 Å². The molecule has 0 saturated carbocycles. The Labute approximate surface area is 122 Å². The van der Waals surface area contributed by atoms with Crippen LogP contribution in [-0.4, -0.2) is 15.8 Å². The van der Waals surface area contributed by atoms with E-state index >= 15 is 0 Å². The average Bonchev–Trinajstić information content (AvgIpc) is 2.78.